The summed E-state index contributed by atoms with van der Waals surface area (Å²) in [6, 6.07) is 8.55. The molecule has 0 fully saturated rings. The molecule has 0 spiro atoms. The first-order valence-electron chi connectivity index (χ1n) is 6.88. The van der Waals surface area contributed by atoms with E-state index in [2.05, 4.69) is 66.8 Å². The molecule has 1 aromatic carbocycles. The topological polar surface area (TPSA) is 0 Å². The van der Waals surface area contributed by atoms with E-state index in [0.717, 1.165) is 12.8 Å². The molecule has 0 aromatic heterocycles. The quantitative estimate of drug-likeness (QED) is 0.681. The summed E-state index contributed by atoms with van der Waals surface area (Å²) in [6.45, 7) is 0. The zero-order chi connectivity index (χ0) is 13.1. The van der Waals surface area contributed by atoms with Crippen LogP contribution in [-0.2, 0) is 6.42 Å². The van der Waals surface area contributed by atoms with Crippen molar-refractivity contribution in [2.75, 3.05) is 0 Å². The van der Waals surface area contributed by atoms with Gasteiger partial charge in [0, 0.05) is 0 Å². The molecule has 0 heterocycles. The second kappa shape index (κ2) is 5.48. The lowest BCUT2D eigenvalue weighted by Gasteiger charge is -2.21. The van der Waals surface area contributed by atoms with E-state index in [4.69, 9.17) is 7.85 Å². The van der Waals surface area contributed by atoms with Crippen molar-refractivity contribution in [3.05, 3.63) is 77.4 Å². The third-order valence-electron chi connectivity index (χ3n) is 3.84. The molecule has 1 heteroatoms. The van der Waals surface area contributed by atoms with Crippen LogP contribution in [0.2, 0.25) is 5.82 Å². The van der Waals surface area contributed by atoms with E-state index in [1.165, 1.54) is 16.7 Å². The summed E-state index contributed by atoms with van der Waals surface area (Å²) in [5.41, 5.74) is 4.05. The number of hydrogen-bond acceptors (Lipinski definition) is 0. The number of hydrogen-bond donors (Lipinski definition) is 0. The third kappa shape index (κ3) is 2.81. The van der Waals surface area contributed by atoms with Gasteiger partial charge in [-0.05, 0) is 35.5 Å². The molecule has 19 heavy (non-hydrogen) atoms. The number of allylic oxidation sites excluding steroid dienone is 7. The molecule has 2 unspecified atom stereocenters. The van der Waals surface area contributed by atoms with Crippen LogP contribution in [0.4, 0.5) is 0 Å². The maximum atomic E-state index is 6.30. The Labute approximate surface area is 116 Å². The minimum atomic E-state index is 0.103. The van der Waals surface area contributed by atoms with E-state index in [-0.39, 0.29) is 5.82 Å². The van der Waals surface area contributed by atoms with Crippen LogP contribution in [-0.4, -0.2) is 7.85 Å². The number of benzene rings is 1. The average molecular weight is 244 g/mol. The van der Waals surface area contributed by atoms with Crippen LogP contribution in [0.25, 0.3) is 6.08 Å². The van der Waals surface area contributed by atoms with E-state index < -0.39 is 0 Å². The molecule has 0 amide bonds. The largest absolute Gasteiger partial charge is 0.0860 e. The molecule has 0 saturated carbocycles. The van der Waals surface area contributed by atoms with Crippen molar-refractivity contribution in [3.8, 4) is 0 Å². The summed E-state index contributed by atoms with van der Waals surface area (Å²) >= 11 is 0. The Balaban J connectivity index is 1.76. The molecule has 0 N–H and O–H groups in total. The lowest BCUT2D eigenvalue weighted by Crippen LogP contribution is -2.07. The van der Waals surface area contributed by atoms with Crippen molar-refractivity contribution < 1.29 is 0 Å². The zero-order valence-electron chi connectivity index (χ0n) is 11.0. The van der Waals surface area contributed by atoms with Gasteiger partial charge in [-0.2, -0.15) is 0 Å². The van der Waals surface area contributed by atoms with Crippen LogP contribution < -0.4 is 0 Å². The Kier molecular flexibility index (Phi) is 3.54. The molecular formula is C18H17B. The molecule has 2 aliphatic carbocycles. The van der Waals surface area contributed by atoms with Crippen molar-refractivity contribution in [3.63, 3.8) is 0 Å². The van der Waals surface area contributed by atoms with Gasteiger partial charge in [0.25, 0.3) is 0 Å². The van der Waals surface area contributed by atoms with Crippen molar-refractivity contribution in [2.45, 2.75) is 18.7 Å². The summed E-state index contributed by atoms with van der Waals surface area (Å²) in [5.74, 6) is 0.536. The molecule has 0 bridgehead atoms. The Hall–Kier alpha value is -1.76. The van der Waals surface area contributed by atoms with Gasteiger partial charge in [-0.15, -0.1) is 0 Å². The molecule has 2 atom stereocenters. The minimum Gasteiger partial charge on any atom is -0.0860 e. The standard InChI is InChI=1S/C18H17B/c19-18(16-7-2-1-3-8-16)13-14-10-11-15-6-4-5-9-17(15)12-14/h1-7,9-11,13,16,18H,8,12H2/b14-13-. The molecule has 1 aromatic rings. The Bertz CT molecular complexity index is 575. The van der Waals surface area contributed by atoms with Gasteiger partial charge in [-0.3, -0.25) is 0 Å². The number of fused-ring (bicyclic) bond motifs is 1. The molecule has 0 nitrogen and oxygen atoms in total. The van der Waals surface area contributed by atoms with Gasteiger partial charge in [0.1, 0.15) is 0 Å². The molecule has 92 valence electrons. The fourth-order valence-corrected chi connectivity index (χ4v) is 2.70. The van der Waals surface area contributed by atoms with Crippen LogP contribution in [0.5, 0.6) is 0 Å². The second-order valence-corrected chi connectivity index (χ2v) is 5.24. The van der Waals surface area contributed by atoms with Gasteiger partial charge < -0.3 is 0 Å². The molecule has 0 saturated heterocycles. The van der Waals surface area contributed by atoms with Crippen molar-refractivity contribution >= 4 is 13.9 Å². The lowest BCUT2D eigenvalue weighted by molar-refractivity contribution is 0.665. The molecular weight excluding hydrogens is 227 g/mol. The van der Waals surface area contributed by atoms with Gasteiger partial charge in [-0.25, -0.2) is 0 Å². The highest BCUT2D eigenvalue weighted by Gasteiger charge is 2.14. The molecule has 2 radical (unpaired) electrons. The van der Waals surface area contributed by atoms with Crippen LogP contribution in [0.3, 0.4) is 0 Å². The monoisotopic (exact) mass is 244 g/mol. The van der Waals surface area contributed by atoms with Crippen LogP contribution in [0.1, 0.15) is 17.5 Å². The van der Waals surface area contributed by atoms with Gasteiger partial charge in [0.15, 0.2) is 0 Å². The van der Waals surface area contributed by atoms with Crippen molar-refractivity contribution in [1.82, 2.24) is 0 Å². The molecule has 2 aliphatic rings. The number of rotatable bonds is 2. The molecule has 3 rings (SSSR count). The highest BCUT2D eigenvalue weighted by molar-refractivity contribution is 6.13. The Morgan fingerprint density at radius 2 is 2.05 bits per heavy atom. The first-order chi connectivity index (χ1) is 9.33. The van der Waals surface area contributed by atoms with E-state index in [9.17, 15) is 0 Å². The summed E-state index contributed by atoms with van der Waals surface area (Å²) in [7, 11) is 6.30. The smallest absolute Gasteiger partial charge is 0.0763 e. The fourth-order valence-electron chi connectivity index (χ4n) is 2.70. The Morgan fingerprint density at radius 1 is 1.16 bits per heavy atom. The van der Waals surface area contributed by atoms with Gasteiger partial charge in [0.05, 0.1) is 7.85 Å². The maximum Gasteiger partial charge on any atom is 0.0763 e. The van der Waals surface area contributed by atoms with E-state index >= 15 is 0 Å². The highest BCUT2D eigenvalue weighted by Crippen LogP contribution is 2.29. The van der Waals surface area contributed by atoms with Crippen LogP contribution >= 0.6 is 0 Å². The maximum absolute atomic E-state index is 6.30. The van der Waals surface area contributed by atoms with E-state index in [1.807, 2.05) is 0 Å². The zero-order valence-corrected chi connectivity index (χ0v) is 11.0. The van der Waals surface area contributed by atoms with E-state index in [0.29, 0.717) is 5.92 Å². The SMILES string of the molecule is [B]C(/C=C1/C=Cc2ccccc2C1)C1C=CC=CC1. The molecule has 0 aliphatic heterocycles. The first kappa shape index (κ1) is 12.3. The summed E-state index contributed by atoms with van der Waals surface area (Å²) in [4.78, 5) is 0. The van der Waals surface area contributed by atoms with Crippen molar-refractivity contribution in [2.24, 2.45) is 5.92 Å². The Morgan fingerprint density at radius 3 is 2.89 bits per heavy atom. The first-order valence-corrected chi connectivity index (χ1v) is 6.88. The predicted octanol–water partition coefficient (Wildman–Crippen LogP) is 4.27. The van der Waals surface area contributed by atoms with Gasteiger partial charge in [-0.1, -0.05) is 72.6 Å². The van der Waals surface area contributed by atoms with Crippen LogP contribution in [0, 0.1) is 5.92 Å². The van der Waals surface area contributed by atoms with Crippen LogP contribution in [0.15, 0.2) is 66.3 Å². The summed E-state index contributed by atoms with van der Waals surface area (Å²) in [6.07, 6.45) is 17.2. The summed E-state index contributed by atoms with van der Waals surface area (Å²) < 4.78 is 0. The third-order valence-corrected chi connectivity index (χ3v) is 3.84. The summed E-state index contributed by atoms with van der Waals surface area (Å²) in [5, 5.41) is 0. The fraction of sp³-hybridized carbons (Fsp3) is 0.222. The normalized spacial score (nSPS) is 24.4. The highest BCUT2D eigenvalue weighted by atomic mass is 14.2. The van der Waals surface area contributed by atoms with Gasteiger partial charge >= 0.3 is 0 Å². The van der Waals surface area contributed by atoms with Gasteiger partial charge in [0.2, 0.25) is 0 Å². The van der Waals surface area contributed by atoms with E-state index in [1.54, 1.807) is 0 Å². The second-order valence-electron chi connectivity index (χ2n) is 5.24. The minimum absolute atomic E-state index is 0.103. The average Bonchev–Trinajstić information content (AvgIpc) is 2.48. The lowest BCUT2D eigenvalue weighted by atomic mass is 9.72. The van der Waals surface area contributed by atoms with Crippen molar-refractivity contribution in [1.29, 1.82) is 0 Å². The predicted molar refractivity (Wildman–Crippen MR) is 83.2 cm³/mol.